The van der Waals surface area contributed by atoms with Crippen molar-refractivity contribution < 1.29 is 0 Å². The highest BCUT2D eigenvalue weighted by Crippen LogP contribution is 2.03. The minimum atomic E-state index is -0.0544. The minimum Gasteiger partial charge on any atom is -0.296 e. The number of nitrogens with zero attached hydrogens (tertiary/aromatic N) is 3. The third-order valence-electron chi connectivity index (χ3n) is 1.77. The molecule has 4 nitrogen and oxygen atoms in total. The average molecular weight is 161 g/mol. The van der Waals surface area contributed by atoms with Crippen LogP contribution < -0.4 is 5.56 Å². The van der Waals surface area contributed by atoms with Crippen molar-refractivity contribution in [2.24, 2.45) is 7.05 Å². The van der Waals surface area contributed by atoms with E-state index in [4.69, 9.17) is 0 Å². The van der Waals surface area contributed by atoms with Gasteiger partial charge in [0.1, 0.15) is 12.0 Å². The predicted molar refractivity (Wildman–Crippen MR) is 44.8 cm³/mol. The Balaban J connectivity index is 3.01. The summed E-state index contributed by atoms with van der Waals surface area (Å²) in [4.78, 5) is 19.0. The monoisotopic (exact) mass is 161 g/mol. The zero-order valence-corrected chi connectivity index (χ0v) is 6.56. The summed E-state index contributed by atoms with van der Waals surface area (Å²) in [6.07, 6.45) is 3.11. The molecule has 0 unspecified atom stereocenters. The van der Waals surface area contributed by atoms with Gasteiger partial charge in [0.15, 0.2) is 0 Å². The average Bonchev–Trinajstić information content (AvgIpc) is 2.12. The smallest absolute Gasteiger partial charge is 0.251 e. The third-order valence-corrected chi connectivity index (χ3v) is 1.77. The fourth-order valence-corrected chi connectivity index (χ4v) is 1.11. The van der Waals surface area contributed by atoms with E-state index in [1.165, 1.54) is 17.0 Å². The Morgan fingerprint density at radius 3 is 3.08 bits per heavy atom. The van der Waals surface area contributed by atoms with Crippen LogP contribution in [-0.2, 0) is 7.05 Å². The Bertz CT molecular complexity index is 475. The largest absolute Gasteiger partial charge is 0.296 e. The number of hydrogen-bond acceptors (Lipinski definition) is 3. The standard InChI is InChI=1S/C8H7N3O/c1-11-7(12)3-2-6-4-9-5-10-8(6)11/h2-5H,1H3. The van der Waals surface area contributed by atoms with E-state index in [0.717, 1.165) is 5.39 Å². The predicted octanol–water partition coefficient (Wildman–Crippen LogP) is 0.328. The van der Waals surface area contributed by atoms with Gasteiger partial charge >= 0.3 is 0 Å². The molecule has 0 saturated carbocycles. The molecule has 0 aliphatic rings. The first-order chi connectivity index (χ1) is 5.79. The van der Waals surface area contributed by atoms with Crippen LogP contribution in [0.2, 0.25) is 0 Å². The summed E-state index contributed by atoms with van der Waals surface area (Å²) in [6, 6.07) is 3.23. The summed E-state index contributed by atoms with van der Waals surface area (Å²) in [5.41, 5.74) is 0.610. The van der Waals surface area contributed by atoms with E-state index in [1.54, 1.807) is 19.3 Å². The lowest BCUT2D eigenvalue weighted by molar-refractivity contribution is 0.883. The van der Waals surface area contributed by atoms with E-state index in [2.05, 4.69) is 9.97 Å². The van der Waals surface area contributed by atoms with Gasteiger partial charge in [0.2, 0.25) is 0 Å². The number of hydrogen-bond donors (Lipinski definition) is 0. The van der Waals surface area contributed by atoms with E-state index >= 15 is 0 Å². The van der Waals surface area contributed by atoms with E-state index in [-0.39, 0.29) is 5.56 Å². The molecular formula is C8H7N3O. The fraction of sp³-hybridized carbons (Fsp3) is 0.125. The summed E-state index contributed by atoms with van der Waals surface area (Å²) in [5.74, 6) is 0. The molecule has 4 heteroatoms. The minimum absolute atomic E-state index is 0.0544. The molecule has 2 aromatic heterocycles. The normalized spacial score (nSPS) is 10.4. The van der Waals surface area contributed by atoms with Gasteiger partial charge in [-0.25, -0.2) is 9.97 Å². The Kier molecular flexibility index (Phi) is 1.40. The summed E-state index contributed by atoms with van der Waals surface area (Å²) in [7, 11) is 1.69. The Labute approximate surface area is 68.5 Å². The van der Waals surface area contributed by atoms with Gasteiger partial charge in [0.05, 0.1) is 0 Å². The molecule has 0 aromatic carbocycles. The van der Waals surface area contributed by atoms with Crippen molar-refractivity contribution in [2.45, 2.75) is 0 Å². The second-order valence-electron chi connectivity index (χ2n) is 2.53. The lowest BCUT2D eigenvalue weighted by Gasteiger charge is -2.00. The van der Waals surface area contributed by atoms with Gasteiger partial charge in [0, 0.05) is 24.7 Å². The van der Waals surface area contributed by atoms with E-state index in [1.807, 2.05) is 0 Å². The van der Waals surface area contributed by atoms with E-state index in [9.17, 15) is 4.79 Å². The van der Waals surface area contributed by atoms with E-state index in [0.29, 0.717) is 5.65 Å². The first-order valence-corrected chi connectivity index (χ1v) is 3.55. The van der Waals surface area contributed by atoms with Crippen molar-refractivity contribution in [3.05, 3.63) is 35.0 Å². The highest BCUT2D eigenvalue weighted by atomic mass is 16.1. The van der Waals surface area contributed by atoms with Crippen LogP contribution in [0.5, 0.6) is 0 Å². The number of rotatable bonds is 0. The van der Waals surface area contributed by atoms with Crippen molar-refractivity contribution >= 4 is 11.0 Å². The molecule has 0 saturated heterocycles. The summed E-state index contributed by atoms with van der Waals surface area (Å²) in [6.45, 7) is 0. The van der Waals surface area contributed by atoms with Gasteiger partial charge in [-0.1, -0.05) is 0 Å². The van der Waals surface area contributed by atoms with Crippen LogP contribution in [0, 0.1) is 0 Å². The van der Waals surface area contributed by atoms with Crippen molar-refractivity contribution in [1.29, 1.82) is 0 Å². The number of aromatic nitrogens is 3. The zero-order valence-electron chi connectivity index (χ0n) is 6.56. The van der Waals surface area contributed by atoms with Crippen LogP contribution in [0.15, 0.2) is 29.5 Å². The molecule has 2 aromatic rings. The molecule has 0 aliphatic heterocycles. The van der Waals surface area contributed by atoms with Crippen LogP contribution in [0.4, 0.5) is 0 Å². The van der Waals surface area contributed by atoms with Crippen LogP contribution in [0.1, 0.15) is 0 Å². The van der Waals surface area contributed by atoms with Gasteiger partial charge < -0.3 is 0 Å². The van der Waals surface area contributed by atoms with Crippen LogP contribution in [0.25, 0.3) is 11.0 Å². The number of pyridine rings is 1. The third kappa shape index (κ3) is 0.887. The molecule has 60 valence electrons. The van der Waals surface area contributed by atoms with E-state index < -0.39 is 0 Å². The first kappa shape index (κ1) is 6.97. The first-order valence-electron chi connectivity index (χ1n) is 3.55. The highest BCUT2D eigenvalue weighted by Gasteiger charge is 1.97. The zero-order chi connectivity index (χ0) is 8.55. The highest BCUT2D eigenvalue weighted by molar-refractivity contribution is 5.73. The molecule has 0 N–H and O–H groups in total. The molecule has 0 amide bonds. The Hall–Kier alpha value is -1.71. The molecule has 0 spiro atoms. The summed E-state index contributed by atoms with van der Waals surface area (Å²) < 4.78 is 1.50. The topological polar surface area (TPSA) is 47.8 Å². The van der Waals surface area contributed by atoms with Crippen molar-refractivity contribution in [1.82, 2.24) is 14.5 Å². The van der Waals surface area contributed by atoms with Crippen LogP contribution >= 0.6 is 0 Å². The molecule has 0 aliphatic carbocycles. The molecular weight excluding hydrogens is 154 g/mol. The van der Waals surface area contributed by atoms with Crippen molar-refractivity contribution in [3.63, 3.8) is 0 Å². The molecule has 2 heterocycles. The van der Waals surface area contributed by atoms with Crippen molar-refractivity contribution in [2.75, 3.05) is 0 Å². The Morgan fingerprint density at radius 1 is 1.42 bits per heavy atom. The van der Waals surface area contributed by atoms with Crippen molar-refractivity contribution in [3.8, 4) is 0 Å². The lowest BCUT2D eigenvalue weighted by atomic mass is 10.3. The summed E-state index contributed by atoms with van der Waals surface area (Å²) in [5, 5.41) is 0.875. The molecule has 0 atom stereocenters. The maximum absolute atomic E-state index is 11.1. The van der Waals surface area contributed by atoms with Crippen LogP contribution in [0.3, 0.4) is 0 Å². The maximum atomic E-state index is 11.1. The number of fused-ring (bicyclic) bond motifs is 1. The second-order valence-corrected chi connectivity index (χ2v) is 2.53. The van der Waals surface area contributed by atoms with Gasteiger partial charge in [-0.05, 0) is 6.07 Å². The maximum Gasteiger partial charge on any atom is 0.251 e. The summed E-state index contributed by atoms with van der Waals surface area (Å²) >= 11 is 0. The van der Waals surface area contributed by atoms with Crippen LogP contribution in [-0.4, -0.2) is 14.5 Å². The molecule has 12 heavy (non-hydrogen) atoms. The SMILES string of the molecule is Cn1c(=O)ccc2cncnc21. The Morgan fingerprint density at radius 2 is 2.25 bits per heavy atom. The molecule has 2 rings (SSSR count). The molecule has 0 radical (unpaired) electrons. The lowest BCUT2D eigenvalue weighted by Crippen LogP contribution is -2.15. The fourth-order valence-electron chi connectivity index (χ4n) is 1.11. The second kappa shape index (κ2) is 2.41. The molecule has 0 fully saturated rings. The van der Waals surface area contributed by atoms with Gasteiger partial charge in [-0.15, -0.1) is 0 Å². The molecule has 0 bridgehead atoms. The number of aryl methyl sites for hydroxylation is 1. The van der Waals surface area contributed by atoms with Gasteiger partial charge in [-0.2, -0.15) is 0 Å². The quantitative estimate of drug-likeness (QED) is 0.559. The van der Waals surface area contributed by atoms with Gasteiger partial charge in [0.25, 0.3) is 5.56 Å². The van der Waals surface area contributed by atoms with Gasteiger partial charge in [-0.3, -0.25) is 9.36 Å².